The molecule has 24 atom stereocenters. The summed E-state index contributed by atoms with van der Waals surface area (Å²) in [7, 11) is 0. The average Bonchev–Trinajstić information content (AvgIpc) is 1.49. The molecule has 0 bridgehead atoms. The van der Waals surface area contributed by atoms with Crippen molar-refractivity contribution in [2.45, 2.75) is 298 Å². The Morgan fingerprint density at radius 3 is 0.861 bits per heavy atom. The number of hydrogen-bond acceptors (Lipinski definition) is 40. The molecular formula is C96H124F4N24O16S4. The van der Waals surface area contributed by atoms with E-state index in [9.17, 15) is 78.8 Å². The van der Waals surface area contributed by atoms with Crippen LogP contribution in [0, 0.1) is 51.0 Å². The summed E-state index contributed by atoms with van der Waals surface area (Å²) in [5.74, 6) is -10.2. The maximum atomic E-state index is 14.8. The van der Waals surface area contributed by atoms with E-state index in [2.05, 4.69) is 112 Å². The lowest BCUT2D eigenvalue weighted by Crippen LogP contribution is -2.33. The summed E-state index contributed by atoms with van der Waals surface area (Å²) in [4.78, 5) is 33.2. The highest BCUT2D eigenvalue weighted by atomic mass is 32.2. The molecule has 144 heavy (non-hydrogen) atoms. The van der Waals surface area contributed by atoms with Crippen molar-refractivity contribution in [3.05, 3.63) is 140 Å². The second kappa shape index (κ2) is 47.3. The van der Waals surface area contributed by atoms with Crippen LogP contribution in [0.25, 0.3) is 44.7 Å². The summed E-state index contributed by atoms with van der Waals surface area (Å²) in [6.07, 6.45) is -65.7. The highest BCUT2D eigenvalue weighted by molar-refractivity contribution is 7.99. The number of nitrogens with one attached hydrogen (secondary N) is 4. The molecular weight excluding hydrogens is 1950 g/mol. The molecule has 12 aromatic rings. The number of nitrogens with zero attached hydrogens (tertiary/aromatic N) is 20. The molecule has 8 heterocycles. The van der Waals surface area contributed by atoms with E-state index < -0.39 is 424 Å². The molecule has 4 aromatic carbocycles. The number of aliphatic hydroxyl groups is 12. The van der Waals surface area contributed by atoms with Gasteiger partial charge in [-0.05, 0) is 148 Å². The van der Waals surface area contributed by atoms with Crippen LogP contribution in [0.15, 0.2) is 93.1 Å². The number of benzene rings is 4. The highest BCUT2D eigenvalue weighted by Gasteiger charge is 2.51. The predicted octanol–water partition coefficient (Wildman–Crippen LogP) is 8.73. The summed E-state index contributed by atoms with van der Waals surface area (Å²) in [6, 6.07) is -29.4. The Balaban J connectivity index is 0.000000173. The summed E-state index contributed by atoms with van der Waals surface area (Å²) in [5.41, 5.74) is -15.2. The molecule has 48 heteroatoms. The van der Waals surface area contributed by atoms with Crippen LogP contribution < -0.4 is 21.3 Å². The zero-order valence-electron chi connectivity index (χ0n) is 132. The van der Waals surface area contributed by atoms with Crippen molar-refractivity contribution in [3.63, 3.8) is 0 Å². The number of hydrogen-bond donors (Lipinski definition) is 16. The molecule has 16 N–H and O–H groups in total. The first-order chi connectivity index (χ1) is 90.4. The molecule has 8 saturated carbocycles. The van der Waals surface area contributed by atoms with E-state index in [1.54, 1.807) is 0 Å². The van der Waals surface area contributed by atoms with Crippen molar-refractivity contribution >= 4 is 115 Å². The van der Waals surface area contributed by atoms with Gasteiger partial charge in [0.15, 0.2) is 88.6 Å². The molecule has 0 aliphatic heterocycles. The number of ether oxygens (including phenoxy) is 4. The molecule has 20 rings (SSSR count). The van der Waals surface area contributed by atoms with E-state index in [4.69, 9.17) is 86.2 Å². The Bertz CT molecular complexity index is 9560. The monoisotopic (exact) mass is 2130 g/mol. The van der Waals surface area contributed by atoms with Gasteiger partial charge >= 0.3 is 0 Å². The molecule has 40 nitrogen and oxygen atoms in total. The van der Waals surface area contributed by atoms with E-state index in [1.165, 1.54) is 55.4 Å². The van der Waals surface area contributed by atoms with Gasteiger partial charge in [0.25, 0.3) is 0 Å². The topological polar surface area (TPSA) is 554 Å². The quantitative estimate of drug-likeness (QED) is 0.00969. The smallest absolute Gasteiger partial charge is 0.191 e. The van der Waals surface area contributed by atoms with Crippen LogP contribution in [0.4, 0.5) is 40.8 Å². The standard InChI is InChI=1S/4C24H31FN6O4S/c4*1-3-8-36-24-27-22(26-16-10-14(16)13-5-4-12(2)15(25)9-13)19-23(28-24)31(30-29-19)17-11-18(35-7-6-32)21(34)20(17)33/h4*4-5,9,14,16-18,20-21,32-34H,3,6-8,10-11H2,1-2H3,(H,26,27,28)/t4*14-,16+,17+,18-,20-,21+/m0000/s1/i4D,5D,6D2,7D2,8D2,9D,11D2,16D,17D,18D,20D,21D;4D,5D,7D2,8D2,9D,11D2,16D,17D,18D,20D,21D;4D,5D,6D2,8D2,9D,11D2,16D,17D,18D,20D,21D;4D,5D,8D2,9D,11D2,16D,17D,18D,20D,21D. The zero-order valence-corrected chi connectivity index (χ0v) is 79.1. The molecule has 8 fully saturated rings. The first kappa shape index (κ1) is 56.2. The van der Waals surface area contributed by atoms with Gasteiger partial charge in [-0.2, -0.15) is 0 Å². The van der Waals surface area contributed by atoms with Crippen LogP contribution in [0.1, 0.15) is 274 Å². The average molecular weight is 2130 g/mol. The Hall–Kier alpha value is -9.52. The molecule has 0 radical (unpaired) electrons. The van der Waals surface area contributed by atoms with E-state index in [0.29, 0.717) is 47.0 Å². The van der Waals surface area contributed by atoms with Gasteiger partial charge in [-0.3, -0.25) is 0 Å². The molecule has 8 aliphatic rings. The molecule has 0 saturated heterocycles. The fraction of sp³-hybridized carbons (Fsp3) is 0.583. The van der Waals surface area contributed by atoms with Crippen molar-refractivity contribution < 1.29 is 175 Å². The summed E-state index contributed by atoms with van der Waals surface area (Å²) < 4.78 is 546. The Morgan fingerprint density at radius 1 is 0.361 bits per heavy atom. The van der Waals surface area contributed by atoms with E-state index in [-0.39, 0.29) is 120 Å². The Labute approximate surface area is 922 Å². The third kappa shape index (κ3) is 23.8. The highest BCUT2D eigenvalue weighted by Crippen LogP contribution is 2.50. The minimum atomic E-state index is -4.39. The number of rotatable bonds is 40. The summed E-state index contributed by atoms with van der Waals surface area (Å²) in [5, 5.41) is 165. The maximum absolute atomic E-state index is 14.8. The number of fused-ring (bicyclic) bond motifs is 4. The van der Waals surface area contributed by atoms with Gasteiger partial charge < -0.3 is 101 Å². The van der Waals surface area contributed by atoms with Gasteiger partial charge in [-0.1, -0.05) is 144 Å². The van der Waals surface area contributed by atoms with E-state index >= 15 is 0 Å². The van der Waals surface area contributed by atoms with Crippen LogP contribution in [-0.2, 0) is 18.9 Å². The van der Waals surface area contributed by atoms with Crippen molar-refractivity contribution in [2.75, 3.05) is 96.8 Å². The van der Waals surface area contributed by atoms with Gasteiger partial charge in [0.2, 0.25) is 0 Å². The summed E-state index contributed by atoms with van der Waals surface area (Å²) >= 11 is 1.65. The van der Waals surface area contributed by atoms with Crippen LogP contribution in [-0.4, -0.2) is 334 Å². The molecule has 8 aliphatic carbocycles. The number of thioether (sulfide) groups is 4. The lowest BCUT2D eigenvalue weighted by Gasteiger charge is -2.17. The minimum absolute atomic E-state index is 0.0165. The molecule has 0 unspecified atom stereocenters. The normalized spacial score (nSPS) is 45.7. The van der Waals surface area contributed by atoms with Gasteiger partial charge in [0.05, 0.1) is 156 Å². The molecule has 0 amide bonds. The number of anilines is 4. The predicted molar refractivity (Wildman–Crippen MR) is 530 cm³/mol. The van der Waals surface area contributed by atoms with Gasteiger partial charge in [0.1, 0.15) is 71.9 Å². The lowest BCUT2D eigenvalue weighted by molar-refractivity contribution is -0.0629. The van der Waals surface area contributed by atoms with E-state index in [0.717, 1.165) is 0 Å². The van der Waals surface area contributed by atoms with E-state index in [1.807, 2.05) is 0 Å². The third-order valence-corrected chi connectivity index (χ3v) is 24.1. The molecule has 0 spiro atoms. The summed E-state index contributed by atoms with van der Waals surface area (Å²) in [6.45, 7) is -8.58. The Morgan fingerprint density at radius 2 is 0.618 bits per heavy atom. The molecule has 776 valence electrons. The van der Waals surface area contributed by atoms with Crippen LogP contribution in [0.5, 0.6) is 0 Å². The van der Waals surface area contributed by atoms with Crippen molar-refractivity contribution in [3.8, 4) is 0 Å². The van der Waals surface area contributed by atoms with Crippen LogP contribution in [0.3, 0.4) is 0 Å². The van der Waals surface area contributed by atoms with Gasteiger partial charge in [-0.15, -0.1) is 20.4 Å². The van der Waals surface area contributed by atoms with Crippen molar-refractivity contribution in [2.24, 2.45) is 0 Å². The Kier molecular flexibility index (Phi) is 18.5. The second-order valence-electron chi connectivity index (χ2n) is 30.8. The third-order valence-electron chi connectivity index (χ3n) is 20.9. The second-order valence-corrected chi connectivity index (χ2v) is 34.2. The first-order valence-electron chi connectivity index (χ1n) is 71.0. The SMILES string of the molecule is [2H]c1c([2H])c([C@@H]2C[C@@]2([2H])Nc2nc(SC([2H])([2H])CC)nc3c2nnn3[C@]2([2H])C([2H])([2H])[C@]([2H])(OC([2H])([2H])C([2H])([2H])O)[C@@]([2H])(O)[C@@]2([2H])O)c([2H])c(F)c1C.[2H]c1c([2H])c([C@@H]2C[C@@]2([2H])Nc2nc(SC([2H])([2H])CC)nc3c2nnn3[C@]2([2H])C([2H])([2H])[C@]([2H])(OC([2H])([2H])CO)[C@@]([2H])(O)[C@@]2([2H])O)c([2H])c(F)c1C.[2H]c1c([2H])c([C@@H]2C[C@@]2([2H])Nc2nc(SC([2H])([2H])CC)nc3c2nnn3[C@]2([2H])C([2H])([2H])[C@]([2H])(OCC([2H])([2H])O)[C@@]([2H])(O)[C@@]2([2H])O)c([2H])c(F)c1C.[2H]c1c([2H])c([C@@H]2C[C@@]2([2H])Nc2nc(SC([2H])([2H])CC)nc3c2nnn3[C@]2([2H])C([2H])([2H])[C@]([2H])(OCCO)[C@@]([2H])(O)[C@@]2([2H])O)c([2H])c(F)c1C. The number of aliphatic hydroxyl groups excluding tert-OH is 2. The lowest BCUT2D eigenvalue weighted by atomic mass is 10.1. The molecule has 8 aromatic heterocycles. The number of aromatic nitrogens is 20. The first-order valence-corrected chi connectivity index (χ1v) is 46.2. The van der Waals surface area contributed by atoms with Crippen molar-refractivity contribution in [1.29, 1.82) is 0 Å². The fourth-order valence-corrected chi connectivity index (χ4v) is 15.7. The largest absolute Gasteiger partial charge is 0.394 e. The maximum Gasteiger partial charge on any atom is 0.191 e. The van der Waals surface area contributed by atoms with Gasteiger partial charge in [0, 0.05) is 118 Å². The van der Waals surface area contributed by atoms with Crippen LogP contribution >= 0.6 is 47.0 Å². The van der Waals surface area contributed by atoms with Gasteiger partial charge in [-0.25, -0.2) is 76.2 Å². The van der Waals surface area contributed by atoms with Crippen molar-refractivity contribution in [1.82, 2.24) is 99.8 Å². The van der Waals surface area contributed by atoms with Crippen LogP contribution in [0.2, 0.25) is 0 Å². The zero-order chi connectivity index (χ0) is 152. The minimum Gasteiger partial charge on any atom is -0.394 e. The fourth-order valence-electron chi connectivity index (χ4n) is 13.5. The number of halogens is 4.